The molecule has 94 valence electrons. The minimum atomic E-state index is -0.542. The van der Waals surface area contributed by atoms with Gasteiger partial charge in [0.1, 0.15) is 6.67 Å². The third-order valence-electron chi connectivity index (χ3n) is 3.18. The maximum atomic E-state index is 13.0. The third-order valence-corrected chi connectivity index (χ3v) is 3.18. The highest BCUT2D eigenvalue weighted by atomic mass is 19.1. The number of alkyl halides is 1. The molecule has 4 heteroatoms. The van der Waals surface area contributed by atoms with Crippen molar-refractivity contribution in [2.45, 2.75) is 25.6 Å². The monoisotopic (exact) mass is 239 g/mol. The molecule has 3 nitrogen and oxygen atoms in total. The predicted molar refractivity (Wildman–Crippen MR) is 64.3 cm³/mol. The fourth-order valence-electron chi connectivity index (χ4n) is 2.34. The molecule has 1 aromatic rings. The van der Waals surface area contributed by atoms with Crippen LogP contribution in [0, 0.1) is 0 Å². The van der Waals surface area contributed by atoms with E-state index in [-0.39, 0.29) is 0 Å². The fourth-order valence-corrected chi connectivity index (χ4v) is 2.34. The van der Waals surface area contributed by atoms with Gasteiger partial charge in [0.25, 0.3) is 0 Å². The molecule has 1 aliphatic rings. The Bertz CT molecular complexity index is 364. The van der Waals surface area contributed by atoms with Crippen LogP contribution in [-0.4, -0.2) is 20.8 Å². The lowest BCUT2D eigenvalue weighted by molar-refractivity contribution is 0.344. The number of ether oxygens (including phenoxy) is 2. The van der Waals surface area contributed by atoms with E-state index in [1.165, 1.54) is 7.11 Å². The average molecular weight is 239 g/mol. The van der Waals surface area contributed by atoms with Gasteiger partial charge >= 0.3 is 0 Å². The molecule has 1 unspecified atom stereocenters. The van der Waals surface area contributed by atoms with Crippen molar-refractivity contribution in [2.24, 2.45) is 0 Å². The first-order valence-corrected chi connectivity index (χ1v) is 5.84. The quantitative estimate of drug-likeness (QED) is 0.876. The minimum absolute atomic E-state index is 0.306. The molecule has 1 aliphatic heterocycles. The zero-order valence-electron chi connectivity index (χ0n) is 10.3. The van der Waals surface area contributed by atoms with Gasteiger partial charge < -0.3 is 14.8 Å². The Kier molecular flexibility index (Phi) is 3.84. The molecule has 1 saturated heterocycles. The summed E-state index contributed by atoms with van der Waals surface area (Å²) in [6, 6.07) is 4.10. The van der Waals surface area contributed by atoms with Crippen LogP contribution in [0.15, 0.2) is 12.1 Å². The lowest BCUT2D eigenvalue weighted by Crippen LogP contribution is -2.13. The van der Waals surface area contributed by atoms with Gasteiger partial charge in [-0.05, 0) is 37.1 Å². The van der Waals surface area contributed by atoms with E-state index in [9.17, 15) is 4.39 Å². The Labute approximate surface area is 101 Å². The van der Waals surface area contributed by atoms with Gasteiger partial charge in [0.15, 0.2) is 11.5 Å². The Hall–Kier alpha value is -1.29. The van der Waals surface area contributed by atoms with Gasteiger partial charge in [-0.25, -0.2) is 4.39 Å². The summed E-state index contributed by atoms with van der Waals surface area (Å²) in [5.41, 5.74) is 1.63. The van der Waals surface area contributed by atoms with Gasteiger partial charge in [-0.1, -0.05) is 0 Å². The van der Waals surface area contributed by atoms with Gasteiger partial charge in [0.2, 0.25) is 0 Å². The number of methoxy groups -OCH3 is 2. The highest BCUT2D eigenvalue weighted by Gasteiger charge is 2.20. The van der Waals surface area contributed by atoms with Crippen LogP contribution in [0.1, 0.15) is 30.0 Å². The molecule has 2 rings (SSSR count). The van der Waals surface area contributed by atoms with Gasteiger partial charge in [-0.15, -0.1) is 0 Å². The van der Waals surface area contributed by atoms with Crippen LogP contribution < -0.4 is 14.8 Å². The molecule has 1 aromatic carbocycles. The summed E-state index contributed by atoms with van der Waals surface area (Å²) < 4.78 is 23.5. The first-order valence-electron chi connectivity index (χ1n) is 5.84. The van der Waals surface area contributed by atoms with Crippen LogP contribution in [0.3, 0.4) is 0 Å². The highest BCUT2D eigenvalue weighted by Crippen LogP contribution is 2.36. The molecule has 17 heavy (non-hydrogen) atoms. The van der Waals surface area contributed by atoms with E-state index >= 15 is 0 Å². The van der Waals surface area contributed by atoms with E-state index in [1.54, 1.807) is 7.11 Å². The van der Waals surface area contributed by atoms with E-state index in [1.807, 2.05) is 12.1 Å². The van der Waals surface area contributed by atoms with Gasteiger partial charge in [0.05, 0.1) is 14.2 Å². The molecule has 0 radical (unpaired) electrons. The zero-order valence-corrected chi connectivity index (χ0v) is 10.3. The molecular weight excluding hydrogens is 221 g/mol. The topological polar surface area (TPSA) is 30.5 Å². The largest absolute Gasteiger partial charge is 0.493 e. The van der Waals surface area contributed by atoms with Crippen LogP contribution in [0.5, 0.6) is 11.5 Å². The highest BCUT2D eigenvalue weighted by molar-refractivity contribution is 5.50. The van der Waals surface area contributed by atoms with Crippen molar-refractivity contribution in [3.8, 4) is 11.5 Å². The Morgan fingerprint density at radius 1 is 1.35 bits per heavy atom. The van der Waals surface area contributed by atoms with Crippen LogP contribution in [0.2, 0.25) is 0 Å². The molecule has 1 atom stereocenters. The number of nitrogens with one attached hydrogen (secondary N) is 1. The number of rotatable bonds is 4. The maximum Gasteiger partial charge on any atom is 0.166 e. The van der Waals surface area contributed by atoms with E-state index in [0.29, 0.717) is 23.1 Å². The van der Waals surface area contributed by atoms with Crippen molar-refractivity contribution in [1.82, 2.24) is 5.32 Å². The van der Waals surface area contributed by atoms with E-state index in [2.05, 4.69) is 5.32 Å². The van der Waals surface area contributed by atoms with Crippen molar-refractivity contribution < 1.29 is 13.9 Å². The molecule has 0 saturated carbocycles. The normalized spacial score (nSPS) is 19.4. The van der Waals surface area contributed by atoms with E-state index in [0.717, 1.165) is 24.9 Å². The van der Waals surface area contributed by atoms with Gasteiger partial charge in [0, 0.05) is 11.6 Å². The Morgan fingerprint density at radius 2 is 2.18 bits per heavy atom. The molecule has 0 spiro atoms. The predicted octanol–water partition coefficient (Wildman–Crippen LogP) is 2.60. The molecule has 0 aromatic heterocycles. The van der Waals surface area contributed by atoms with Crippen LogP contribution >= 0.6 is 0 Å². The summed E-state index contributed by atoms with van der Waals surface area (Å²) in [5, 5.41) is 3.39. The summed E-state index contributed by atoms with van der Waals surface area (Å²) in [4.78, 5) is 0. The van der Waals surface area contributed by atoms with Crippen molar-refractivity contribution in [3.63, 3.8) is 0 Å². The lowest BCUT2D eigenvalue weighted by atomic mass is 10.0. The standard InChI is InChI=1S/C13H18FNO2/c1-16-12-7-9(11-4-3-5-15-11)6-10(8-14)13(12)17-2/h6-7,11,15H,3-5,8H2,1-2H3. The van der Waals surface area contributed by atoms with Crippen molar-refractivity contribution in [1.29, 1.82) is 0 Å². The zero-order chi connectivity index (χ0) is 12.3. The third kappa shape index (κ3) is 2.36. The van der Waals surface area contributed by atoms with Crippen molar-refractivity contribution in [3.05, 3.63) is 23.3 Å². The van der Waals surface area contributed by atoms with Crippen LogP contribution in [-0.2, 0) is 6.67 Å². The fraction of sp³-hybridized carbons (Fsp3) is 0.538. The molecule has 0 bridgehead atoms. The van der Waals surface area contributed by atoms with Gasteiger partial charge in [-0.2, -0.15) is 0 Å². The summed E-state index contributed by atoms with van der Waals surface area (Å²) in [6.07, 6.45) is 2.24. The second-order valence-corrected chi connectivity index (χ2v) is 4.20. The second-order valence-electron chi connectivity index (χ2n) is 4.20. The van der Waals surface area contributed by atoms with E-state index in [4.69, 9.17) is 9.47 Å². The second kappa shape index (κ2) is 5.36. The van der Waals surface area contributed by atoms with Gasteiger partial charge in [-0.3, -0.25) is 0 Å². The molecule has 1 fully saturated rings. The molecule has 0 amide bonds. The molecule has 1 heterocycles. The smallest absolute Gasteiger partial charge is 0.166 e. The molecule has 0 aliphatic carbocycles. The summed E-state index contributed by atoms with van der Waals surface area (Å²) in [6.45, 7) is 0.476. The first-order chi connectivity index (χ1) is 8.30. The summed E-state index contributed by atoms with van der Waals surface area (Å²) in [5.74, 6) is 1.10. The number of halogens is 1. The minimum Gasteiger partial charge on any atom is -0.493 e. The van der Waals surface area contributed by atoms with E-state index < -0.39 is 6.67 Å². The van der Waals surface area contributed by atoms with Crippen molar-refractivity contribution >= 4 is 0 Å². The number of benzene rings is 1. The molecular formula is C13H18FNO2. The summed E-state index contributed by atoms with van der Waals surface area (Å²) >= 11 is 0. The van der Waals surface area contributed by atoms with Crippen LogP contribution in [0.4, 0.5) is 4.39 Å². The number of hydrogen-bond donors (Lipinski definition) is 1. The lowest BCUT2D eigenvalue weighted by Gasteiger charge is -2.17. The Morgan fingerprint density at radius 3 is 2.71 bits per heavy atom. The average Bonchev–Trinajstić information content (AvgIpc) is 2.90. The Balaban J connectivity index is 2.40. The SMILES string of the molecule is COc1cc(C2CCCN2)cc(CF)c1OC. The van der Waals surface area contributed by atoms with Crippen molar-refractivity contribution in [2.75, 3.05) is 20.8 Å². The first kappa shape index (κ1) is 12.2. The maximum absolute atomic E-state index is 13.0. The molecule has 1 N–H and O–H groups in total. The van der Waals surface area contributed by atoms with Crippen LogP contribution in [0.25, 0.3) is 0 Å². The summed E-state index contributed by atoms with van der Waals surface area (Å²) in [7, 11) is 3.11. The number of hydrogen-bond acceptors (Lipinski definition) is 3.